The smallest absolute Gasteiger partial charge is 0.262 e. The SMILES string of the molecule is COc1ccc(C(C)(C)NC[C@H](O)c2cc(O)cc3c2OCC(=O)N3)cc1. The van der Waals surface area contributed by atoms with Crippen LogP contribution < -0.4 is 20.1 Å². The Bertz CT molecular complexity index is 833. The molecule has 3 rings (SSSR count). The first-order valence-corrected chi connectivity index (χ1v) is 8.67. The zero-order valence-electron chi connectivity index (χ0n) is 15.6. The van der Waals surface area contributed by atoms with Crippen molar-refractivity contribution < 1.29 is 24.5 Å². The van der Waals surface area contributed by atoms with E-state index in [-0.39, 0.29) is 24.8 Å². The van der Waals surface area contributed by atoms with Crippen molar-refractivity contribution in [1.82, 2.24) is 5.32 Å². The summed E-state index contributed by atoms with van der Waals surface area (Å²) in [6.45, 7) is 4.13. The molecule has 1 heterocycles. The number of phenolic OH excluding ortho intramolecular Hbond substituents is 1. The number of carbonyl (C=O) groups is 1. The molecular formula is C20H24N2O5. The van der Waals surface area contributed by atoms with Gasteiger partial charge in [0, 0.05) is 23.7 Å². The van der Waals surface area contributed by atoms with Gasteiger partial charge in [0.1, 0.15) is 17.2 Å². The number of nitrogens with one attached hydrogen (secondary N) is 2. The first-order valence-electron chi connectivity index (χ1n) is 8.67. The van der Waals surface area contributed by atoms with Crippen molar-refractivity contribution in [3.8, 4) is 17.2 Å². The molecule has 0 radical (unpaired) electrons. The lowest BCUT2D eigenvalue weighted by molar-refractivity contribution is -0.118. The Hall–Kier alpha value is -2.77. The maximum Gasteiger partial charge on any atom is 0.262 e. The molecule has 0 spiro atoms. The first-order chi connectivity index (χ1) is 12.8. The number of benzene rings is 2. The Morgan fingerprint density at radius 3 is 2.67 bits per heavy atom. The number of fused-ring (bicyclic) bond motifs is 1. The van der Waals surface area contributed by atoms with Crippen molar-refractivity contribution in [3.05, 3.63) is 47.5 Å². The van der Waals surface area contributed by atoms with Crippen LogP contribution in [0.1, 0.15) is 31.1 Å². The molecule has 1 aliphatic heterocycles. The molecule has 7 heteroatoms. The number of rotatable bonds is 6. The van der Waals surface area contributed by atoms with Gasteiger partial charge in [0.05, 0.1) is 18.9 Å². The number of ether oxygens (including phenoxy) is 2. The Morgan fingerprint density at radius 1 is 1.30 bits per heavy atom. The number of phenols is 1. The van der Waals surface area contributed by atoms with E-state index in [4.69, 9.17) is 9.47 Å². The van der Waals surface area contributed by atoms with Crippen LogP contribution in [0.5, 0.6) is 17.2 Å². The highest BCUT2D eigenvalue weighted by atomic mass is 16.5. The molecule has 2 aromatic rings. The third-order valence-corrected chi connectivity index (χ3v) is 4.63. The third kappa shape index (κ3) is 4.15. The molecule has 144 valence electrons. The maximum absolute atomic E-state index is 11.5. The van der Waals surface area contributed by atoms with Crippen molar-refractivity contribution in [1.29, 1.82) is 0 Å². The van der Waals surface area contributed by atoms with Gasteiger partial charge in [-0.3, -0.25) is 4.79 Å². The van der Waals surface area contributed by atoms with Crippen LogP contribution in [0.4, 0.5) is 5.69 Å². The van der Waals surface area contributed by atoms with Gasteiger partial charge in [0.15, 0.2) is 6.61 Å². The average Bonchev–Trinajstić information content (AvgIpc) is 2.65. The van der Waals surface area contributed by atoms with E-state index in [1.807, 2.05) is 38.1 Å². The number of aliphatic hydroxyl groups excluding tert-OH is 1. The van der Waals surface area contributed by atoms with E-state index < -0.39 is 11.6 Å². The molecule has 2 aromatic carbocycles. The van der Waals surface area contributed by atoms with Crippen molar-refractivity contribution in [2.75, 3.05) is 25.6 Å². The minimum atomic E-state index is -0.932. The molecule has 0 aliphatic carbocycles. The minimum Gasteiger partial charge on any atom is -0.508 e. The number of hydrogen-bond acceptors (Lipinski definition) is 6. The van der Waals surface area contributed by atoms with Crippen LogP contribution in [0, 0.1) is 0 Å². The number of hydrogen-bond donors (Lipinski definition) is 4. The standard InChI is InChI=1S/C20H24N2O5/c1-20(2,12-4-6-14(26-3)7-5-12)21-10-17(24)15-8-13(23)9-16-19(15)27-11-18(25)22-16/h4-9,17,21,23-24H,10-11H2,1-3H3,(H,22,25)/t17-/m0/s1. The van der Waals surface area contributed by atoms with Crippen molar-refractivity contribution in [3.63, 3.8) is 0 Å². The van der Waals surface area contributed by atoms with Crippen molar-refractivity contribution >= 4 is 11.6 Å². The second kappa shape index (κ2) is 7.46. The largest absolute Gasteiger partial charge is 0.508 e. The van der Waals surface area contributed by atoms with Crippen LogP contribution in [0.3, 0.4) is 0 Å². The highest BCUT2D eigenvalue weighted by Gasteiger charge is 2.26. The third-order valence-electron chi connectivity index (χ3n) is 4.63. The Balaban J connectivity index is 1.75. The van der Waals surface area contributed by atoms with Crippen LogP contribution >= 0.6 is 0 Å². The van der Waals surface area contributed by atoms with Crippen molar-refractivity contribution in [2.24, 2.45) is 0 Å². The lowest BCUT2D eigenvalue weighted by Gasteiger charge is -2.29. The predicted molar refractivity (Wildman–Crippen MR) is 101 cm³/mol. The summed E-state index contributed by atoms with van der Waals surface area (Å²) in [5.41, 5.74) is 1.41. The summed E-state index contributed by atoms with van der Waals surface area (Å²) in [5, 5.41) is 26.6. The summed E-state index contributed by atoms with van der Waals surface area (Å²) >= 11 is 0. The number of amides is 1. The summed E-state index contributed by atoms with van der Waals surface area (Å²) in [6.07, 6.45) is -0.932. The lowest BCUT2D eigenvalue weighted by atomic mass is 9.93. The molecule has 1 aliphatic rings. The summed E-state index contributed by atoms with van der Waals surface area (Å²) in [6, 6.07) is 10.6. The summed E-state index contributed by atoms with van der Waals surface area (Å²) < 4.78 is 10.6. The van der Waals surface area contributed by atoms with Crippen LogP contribution in [-0.2, 0) is 10.3 Å². The van der Waals surface area contributed by atoms with Crippen LogP contribution in [0.25, 0.3) is 0 Å². The van der Waals surface area contributed by atoms with Crippen LogP contribution in [-0.4, -0.2) is 36.4 Å². The Morgan fingerprint density at radius 2 is 2.00 bits per heavy atom. The van der Waals surface area contributed by atoms with Gasteiger partial charge in [-0.05, 0) is 37.6 Å². The second-order valence-electron chi connectivity index (χ2n) is 7.00. The molecular weight excluding hydrogens is 348 g/mol. The van der Waals surface area contributed by atoms with Gasteiger partial charge in [0.2, 0.25) is 0 Å². The number of aromatic hydroxyl groups is 1. The highest BCUT2D eigenvalue weighted by molar-refractivity contribution is 5.96. The average molecular weight is 372 g/mol. The maximum atomic E-state index is 11.5. The second-order valence-corrected chi connectivity index (χ2v) is 7.00. The normalized spacial score (nSPS) is 14.7. The Kier molecular flexibility index (Phi) is 5.25. The zero-order chi connectivity index (χ0) is 19.6. The van der Waals surface area contributed by atoms with E-state index >= 15 is 0 Å². The topological polar surface area (TPSA) is 100 Å². The van der Waals surface area contributed by atoms with Gasteiger partial charge < -0.3 is 30.3 Å². The van der Waals surface area contributed by atoms with E-state index in [1.165, 1.54) is 12.1 Å². The molecule has 4 N–H and O–H groups in total. The molecule has 1 amide bonds. The molecule has 1 atom stereocenters. The number of carbonyl (C=O) groups excluding carboxylic acids is 1. The molecule has 0 aromatic heterocycles. The molecule has 0 fully saturated rings. The highest BCUT2D eigenvalue weighted by Crippen LogP contribution is 2.39. The number of methoxy groups -OCH3 is 1. The first kappa shape index (κ1) is 19.0. The van der Waals surface area contributed by atoms with E-state index in [1.54, 1.807) is 7.11 Å². The van der Waals surface area contributed by atoms with Crippen LogP contribution in [0.15, 0.2) is 36.4 Å². The van der Waals surface area contributed by atoms with Crippen molar-refractivity contribution in [2.45, 2.75) is 25.5 Å². The van der Waals surface area contributed by atoms with Gasteiger partial charge >= 0.3 is 0 Å². The lowest BCUT2D eigenvalue weighted by Crippen LogP contribution is -2.39. The van der Waals surface area contributed by atoms with E-state index in [9.17, 15) is 15.0 Å². The number of anilines is 1. The fourth-order valence-electron chi connectivity index (χ4n) is 3.03. The predicted octanol–water partition coefficient (Wildman–Crippen LogP) is 2.29. The summed E-state index contributed by atoms with van der Waals surface area (Å²) in [4.78, 5) is 11.5. The monoisotopic (exact) mass is 372 g/mol. The molecule has 0 saturated carbocycles. The van der Waals surface area contributed by atoms with E-state index in [0.29, 0.717) is 17.0 Å². The van der Waals surface area contributed by atoms with Gasteiger partial charge in [-0.2, -0.15) is 0 Å². The summed E-state index contributed by atoms with van der Waals surface area (Å²) in [7, 11) is 1.62. The van der Waals surface area contributed by atoms with Gasteiger partial charge in [0.25, 0.3) is 5.91 Å². The van der Waals surface area contributed by atoms with Gasteiger partial charge in [-0.15, -0.1) is 0 Å². The fraction of sp³-hybridized carbons (Fsp3) is 0.350. The molecule has 7 nitrogen and oxygen atoms in total. The molecule has 0 unspecified atom stereocenters. The number of aliphatic hydroxyl groups is 1. The van der Waals surface area contributed by atoms with E-state index in [2.05, 4.69) is 10.6 Å². The minimum absolute atomic E-state index is 0.0528. The van der Waals surface area contributed by atoms with Crippen LogP contribution in [0.2, 0.25) is 0 Å². The van der Waals surface area contributed by atoms with Gasteiger partial charge in [-0.1, -0.05) is 12.1 Å². The summed E-state index contributed by atoms with van der Waals surface area (Å²) in [5.74, 6) is 0.805. The quantitative estimate of drug-likeness (QED) is 0.621. The Labute approximate surface area is 157 Å². The van der Waals surface area contributed by atoms with Gasteiger partial charge in [-0.25, -0.2) is 0 Å². The fourth-order valence-corrected chi connectivity index (χ4v) is 3.03. The zero-order valence-corrected chi connectivity index (χ0v) is 15.6. The van der Waals surface area contributed by atoms with E-state index in [0.717, 1.165) is 11.3 Å². The molecule has 27 heavy (non-hydrogen) atoms. The molecule has 0 saturated heterocycles. The molecule has 0 bridgehead atoms.